The van der Waals surface area contributed by atoms with Crippen molar-refractivity contribution in [2.45, 2.75) is 19.3 Å². The van der Waals surface area contributed by atoms with Gasteiger partial charge in [-0.05, 0) is 84.2 Å². The lowest BCUT2D eigenvalue weighted by molar-refractivity contribution is 0.575. The molecule has 5 nitrogen and oxygen atoms in total. The predicted molar refractivity (Wildman–Crippen MR) is 259 cm³/mol. The first kappa shape index (κ1) is 39.0. The Kier molecular flexibility index (Phi) is 11.0. The van der Waals surface area contributed by atoms with Crippen LogP contribution in [0.15, 0.2) is 229 Å². The molecule has 1 aliphatic rings. The Labute approximate surface area is 367 Å². The third kappa shape index (κ3) is 8.33. The van der Waals surface area contributed by atoms with Gasteiger partial charge in [0.1, 0.15) is 11.0 Å². The van der Waals surface area contributed by atoms with Crippen molar-refractivity contribution in [3.63, 3.8) is 0 Å². The molecule has 302 valence electrons. The van der Waals surface area contributed by atoms with Gasteiger partial charge in [0, 0.05) is 44.6 Å². The normalized spacial score (nSPS) is 14.4. The second-order valence-corrected chi connectivity index (χ2v) is 15.5. The zero-order valence-corrected chi connectivity index (χ0v) is 34.9. The largest absolute Gasteiger partial charge is 0.456 e. The van der Waals surface area contributed by atoms with Crippen LogP contribution in [-0.4, -0.2) is 15.0 Å². The summed E-state index contributed by atoms with van der Waals surface area (Å²) in [6.45, 7) is 2.00. The van der Waals surface area contributed by atoms with Gasteiger partial charge in [0.25, 0.3) is 0 Å². The molecule has 0 saturated heterocycles. The van der Waals surface area contributed by atoms with Crippen molar-refractivity contribution < 1.29 is 4.42 Å². The number of hydrogen-bond donors (Lipinski definition) is 0. The molecule has 2 aromatic heterocycles. The molecule has 7 aromatic carbocycles. The van der Waals surface area contributed by atoms with E-state index in [2.05, 4.69) is 151 Å². The zero-order chi connectivity index (χ0) is 42.4. The summed E-state index contributed by atoms with van der Waals surface area (Å²) >= 11 is 0. The van der Waals surface area contributed by atoms with Crippen LogP contribution in [0.25, 0.3) is 68.2 Å². The van der Waals surface area contributed by atoms with Crippen LogP contribution in [0.2, 0.25) is 0 Å². The van der Waals surface area contributed by atoms with Gasteiger partial charge in [0.15, 0.2) is 17.5 Å². The van der Waals surface area contributed by atoms with Crippen LogP contribution in [0.1, 0.15) is 30.7 Å². The Balaban J connectivity index is 1.04. The van der Waals surface area contributed by atoms with Crippen LogP contribution in [-0.2, 0) is 0 Å². The van der Waals surface area contributed by atoms with E-state index in [4.69, 9.17) is 19.4 Å². The van der Waals surface area contributed by atoms with Gasteiger partial charge in [-0.1, -0.05) is 182 Å². The number of para-hydroxylation sites is 1. The summed E-state index contributed by atoms with van der Waals surface area (Å²) in [5, 5.41) is 1.93. The number of hydrogen-bond acceptors (Lipinski definition) is 5. The molecule has 1 unspecified atom stereocenters. The van der Waals surface area contributed by atoms with E-state index < -0.39 is 0 Å². The Morgan fingerprint density at radius 1 is 0.587 bits per heavy atom. The molecule has 0 radical (unpaired) electrons. The molecule has 10 rings (SSSR count). The number of nitrogens with zero attached hydrogens (tertiary/aromatic N) is 4. The van der Waals surface area contributed by atoms with Gasteiger partial charge < -0.3 is 9.32 Å². The standard InChI is InChI=1S/C58H44N4O/c1-2-3-28-54-52(40-56-59-57(45-22-12-6-13-23-45)61-58(60-56)46-24-14-7-15-25-46)51-39-47(33-38-55(51)63-54)43-31-36-49(37-32-43)62(48-34-29-42(30-35-48)41-18-8-4-9-19-41)53-27-17-16-26-50(53)44-20-10-5-11-21-44/h2-31,33-40,43H,32H2,1H3/b3-2-,52-40?,54-28+. The molecule has 63 heavy (non-hydrogen) atoms. The number of fused-ring (bicyclic) bond motifs is 1. The summed E-state index contributed by atoms with van der Waals surface area (Å²) in [6, 6.07) is 65.4. The fourth-order valence-corrected chi connectivity index (χ4v) is 8.27. The minimum absolute atomic E-state index is 0.155. The second-order valence-electron chi connectivity index (χ2n) is 15.5. The molecule has 0 amide bonds. The highest BCUT2D eigenvalue weighted by molar-refractivity contribution is 5.86. The van der Waals surface area contributed by atoms with E-state index in [9.17, 15) is 0 Å². The van der Waals surface area contributed by atoms with E-state index in [1.807, 2.05) is 91.9 Å². The van der Waals surface area contributed by atoms with E-state index in [0.29, 0.717) is 17.5 Å². The lowest BCUT2D eigenvalue weighted by atomic mass is 9.90. The van der Waals surface area contributed by atoms with Gasteiger partial charge >= 0.3 is 0 Å². The maximum Gasteiger partial charge on any atom is 0.164 e. The van der Waals surface area contributed by atoms with E-state index >= 15 is 0 Å². The first-order valence-electron chi connectivity index (χ1n) is 21.4. The van der Waals surface area contributed by atoms with Crippen LogP contribution in [0.4, 0.5) is 11.4 Å². The fraction of sp³-hybridized carbons (Fsp3) is 0.0517. The summed E-state index contributed by atoms with van der Waals surface area (Å²) < 4.78 is 6.53. The highest BCUT2D eigenvalue weighted by Crippen LogP contribution is 2.41. The summed E-state index contributed by atoms with van der Waals surface area (Å²) in [6.07, 6.45) is 15.9. The zero-order valence-electron chi connectivity index (χ0n) is 34.9. The van der Waals surface area contributed by atoms with Gasteiger partial charge in [0.2, 0.25) is 0 Å². The molecule has 1 atom stereocenters. The molecule has 0 saturated carbocycles. The minimum Gasteiger partial charge on any atom is -0.456 e. The van der Waals surface area contributed by atoms with Crippen molar-refractivity contribution >= 4 is 34.5 Å². The van der Waals surface area contributed by atoms with E-state index in [1.165, 1.54) is 27.8 Å². The van der Waals surface area contributed by atoms with Crippen LogP contribution in [0, 0.1) is 0 Å². The molecular formula is C58H44N4O. The van der Waals surface area contributed by atoms with Crippen molar-refractivity contribution in [1.82, 2.24) is 15.0 Å². The molecule has 2 heterocycles. The summed E-state index contributed by atoms with van der Waals surface area (Å²) in [5.41, 5.74) is 12.7. The Hall–Kier alpha value is -8.15. The van der Waals surface area contributed by atoms with Crippen LogP contribution in [0.5, 0.6) is 0 Å². The maximum atomic E-state index is 6.53. The second kappa shape index (κ2) is 17.8. The summed E-state index contributed by atoms with van der Waals surface area (Å²) in [5.74, 6) is 1.95. The molecular weight excluding hydrogens is 769 g/mol. The van der Waals surface area contributed by atoms with Crippen molar-refractivity contribution in [2.24, 2.45) is 0 Å². The van der Waals surface area contributed by atoms with Crippen molar-refractivity contribution in [1.29, 1.82) is 0 Å². The van der Waals surface area contributed by atoms with Gasteiger partial charge in [-0.3, -0.25) is 0 Å². The van der Waals surface area contributed by atoms with Crippen molar-refractivity contribution in [3.05, 3.63) is 246 Å². The molecule has 9 aromatic rings. The van der Waals surface area contributed by atoms with Gasteiger partial charge in [0.05, 0.1) is 5.69 Å². The number of allylic oxidation sites excluding steroid dienone is 5. The average Bonchev–Trinajstić information content (AvgIpc) is 3.70. The predicted octanol–water partition coefficient (Wildman–Crippen LogP) is 13.2. The van der Waals surface area contributed by atoms with Crippen LogP contribution < -0.4 is 15.5 Å². The lowest BCUT2D eigenvalue weighted by Crippen LogP contribution is -2.21. The molecule has 0 spiro atoms. The number of anilines is 2. The highest BCUT2D eigenvalue weighted by Gasteiger charge is 2.22. The SMILES string of the molecule is C/C=C\C=c1\oc2ccc(C3C=CC(N(c4ccc(-c5ccccc5)cc4)c4ccccc4-c4ccccc4)=CC3)cc2c1=Cc1nc(-c2ccccc2)nc(-c2ccccc2)n1. The number of benzene rings is 7. The Morgan fingerprint density at radius 3 is 1.79 bits per heavy atom. The first-order chi connectivity index (χ1) is 31.2. The Morgan fingerprint density at radius 2 is 1.17 bits per heavy atom. The fourth-order valence-electron chi connectivity index (χ4n) is 8.27. The van der Waals surface area contributed by atoms with Gasteiger partial charge in [-0.2, -0.15) is 0 Å². The van der Waals surface area contributed by atoms with Gasteiger partial charge in [-0.15, -0.1) is 0 Å². The van der Waals surface area contributed by atoms with Gasteiger partial charge in [-0.25, -0.2) is 15.0 Å². The molecule has 0 fully saturated rings. The average molecular weight is 813 g/mol. The van der Waals surface area contributed by atoms with E-state index in [1.54, 1.807) is 0 Å². The monoisotopic (exact) mass is 812 g/mol. The number of furan rings is 1. The Bertz CT molecular complexity index is 3190. The van der Waals surface area contributed by atoms with Crippen LogP contribution in [0.3, 0.4) is 0 Å². The number of aromatic nitrogens is 3. The molecule has 0 N–H and O–H groups in total. The minimum atomic E-state index is 0.155. The van der Waals surface area contributed by atoms with E-state index in [-0.39, 0.29) is 5.92 Å². The maximum absolute atomic E-state index is 6.53. The third-order valence-corrected chi connectivity index (χ3v) is 11.4. The van der Waals surface area contributed by atoms with Crippen LogP contribution >= 0.6 is 0 Å². The molecule has 1 aliphatic carbocycles. The quantitative estimate of drug-likeness (QED) is 0.138. The van der Waals surface area contributed by atoms with Crippen molar-refractivity contribution in [3.8, 4) is 45.0 Å². The smallest absolute Gasteiger partial charge is 0.164 e. The first-order valence-corrected chi connectivity index (χ1v) is 21.4. The third-order valence-electron chi connectivity index (χ3n) is 11.4. The van der Waals surface area contributed by atoms with E-state index in [0.717, 1.165) is 56.2 Å². The lowest BCUT2D eigenvalue weighted by Gasteiger charge is -2.31. The van der Waals surface area contributed by atoms with Crippen molar-refractivity contribution in [2.75, 3.05) is 4.90 Å². The molecule has 0 bridgehead atoms. The molecule has 5 heteroatoms. The molecule has 0 aliphatic heterocycles. The topological polar surface area (TPSA) is 55.1 Å². The summed E-state index contributed by atoms with van der Waals surface area (Å²) in [7, 11) is 0. The highest BCUT2D eigenvalue weighted by atomic mass is 16.3. The summed E-state index contributed by atoms with van der Waals surface area (Å²) in [4.78, 5) is 17.3. The number of rotatable bonds is 10.